The van der Waals surface area contributed by atoms with Gasteiger partial charge in [0.15, 0.2) is 11.5 Å². The number of carbonyl (C=O) groups excluding carboxylic acids is 9. The smallest absolute Gasteiger partial charge is 0.321 e. The molecule has 11 bridgehead atoms. The Morgan fingerprint density at radius 1 is 0.673 bits per heavy atom. The summed E-state index contributed by atoms with van der Waals surface area (Å²) < 4.78 is 25.5. The highest BCUT2D eigenvalue weighted by molar-refractivity contribution is 6.32. The molecule has 11 rings (SSSR count). The van der Waals surface area contributed by atoms with E-state index in [1.54, 1.807) is 20.8 Å². The van der Waals surface area contributed by atoms with Crippen molar-refractivity contribution in [2.24, 2.45) is 5.92 Å². The fourth-order valence-electron chi connectivity index (χ4n) is 12.6. The average molecular weight is 1470 g/mol. The molecule has 104 heavy (non-hydrogen) atoms. The highest BCUT2D eigenvalue weighted by Crippen LogP contribution is 2.48. The van der Waals surface area contributed by atoms with Gasteiger partial charge in [-0.2, -0.15) is 0 Å². The number of rotatable bonds is 16. The molecule has 1 fully saturated rings. The summed E-state index contributed by atoms with van der Waals surface area (Å²) in [4.78, 5) is 135. The number of likely N-dealkylation sites (N-methyl/N-ethyl adjacent to an activating group) is 1. The third kappa shape index (κ3) is 18.3. The Labute approximate surface area is 603 Å². The van der Waals surface area contributed by atoms with Crippen molar-refractivity contribution in [3.05, 3.63) is 123 Å². The van der Waals surface area contributed by atoms with Gasteiger partial charge in [-0.25, -0.2) is 4.79 Å². The number of hydrogen-bond acceptors (Lipinski definition) is 22. The van der Waals surface area contributed by atoms with Crippen LogP contribution in [0.1, 0.15) is 149 Å². The van der Waals surface area contributed by atoms with Gasteiger partial charge in [0.2, 0.25) is 59.3 Å². The second-order valence-corrected chi connectivity index (χ2v) is 28.0. The molecule has 14 atom stereocenters. The van der Waals surface area contributed by atoms with Crippen LogP contribution in [0.4, 0.5) is 4.79 Å². The highest BCUT2D eigenvalue weighted by atomic mass is 35.5. The fraction of sp³-hybridized carbons (Fsp3) is 0.458. The van der Waals surface area contributed by atoms with E-state index >= 15 is 24.0 Å². The Bertz CT molecular complexity index is 4090. The lowest BCUT2D eigenvalue weighted by molar-refractivity contribution is -0.277. The van der Waals surface area contributed by atoms with Crippen LogP contribution in [-0.2, 0) is 43.1 Å². The van der Waals surface area contributed by atoms with Crippen molar-refractivity contribution >= 4 is 64.9 Å². The van der Waals surface area contributed by atoms with E-state index < -0.39 is 186 Å². The van der Waals surface area contributed by atoms with Crippen LogP contribution in [0.3, 0.4) is 0 Å². The minimum absolute atomic E-state index is 0.0277. The van der Waals surface area contributed by atoms with Crippen LogP contribution >= 0.6 is 11.6 Å². The molecule has 6 aliphatic heterocycles. The summed E-state index contributed by atoms with van der Waals surface area (Å²) >= 11 is 7.09. The molecule has 6 aliphatic rings. The van der Waals surface area contributed by atoms with Crippen LogP contribution in [0.2, 0.25) is 5.02 Å². The van der Waals surface area contributed by atoms with Crippen molar-refractivity contribution in [1.82, 2.24) is 53.2 Å². The molecule has 0 aromatic heterocycles. The van der Waals surface area contributed by atoms with E-state index in [2.05, 4.69) is 53.2 Å². The van der Waals surface area contributed by atoms with Gasteiger partial charge in [-0.15, -0.1) is 0 Å². The molecule has 0 saturated carbocycles. The number of aromatic hydroxyl groups is 2. The number of aliphatic hydroxyl groups is 6. The van der Waals surface area contributed by atoms with Crippen molar-refractivity contribution in [3.63, 3.8) is 0 Å². The zero-order valence-electron chi connectivity index (χ0n) is 58.6. The number of benzene rings is 5. The largest absolute Gasteiger partial charge is 0.508 e. The molecule has 0 unspecified atom stereocenters. The van der Waals surface area contributed by atoms with Crippen molar-refractivity contribution in [2.45, 2.75) is 185 Å². The number of urea groups is 1. The van der Waals surface area contributed by atoms with Gasteiger partial charge in [-0.05, 0) is 166 Å². The molecule has 0 aliphatic carbocycles. The van der Waals surface area contributed by atoms with E-state index in [1.807, 2.05) is 20.8 Å². The number of fused-ring (bicyclic) bond motifs is 15. The molecule has 18 N–H and O–H groups in total. The van der Waals surface area contributed by atoms with Gasteiger partial charge in [-0.1, -0.05) is 69.8 Å². The number of aryl methyl sites for hydroxylation is 2. The standard InChI is InChI=1S/C72H89ClN10O21/c1-10-11-12-13-20-75-71(100)77-50(87)29-43-64(94)78-53-37-26-47(101-45-18-15-35(22-32(45)4)57(88)55(67(97)76-43)81-63(93)42(74-9)21-31(2)3)62(104-70-61(92)60(91)59(90)49(30-84)103-70)48(27-37)102-46-19-16-36(25-41(46)73)58(89)56-68(98)80-54(69(99)83-72(6,7)8)40-28-38(85)23-33(5)51(40)39-24-34(14-17-44(39)86)52(65(95)82-56)79-66(53)96/h14-19,22-28,31,42-43,49,52-61,70,74,84-86,88-92H,10-13,20-21,29-30H2,1-9H3,(H,76,97)(H,78,94)(H,79,96)(H,80,98)(H,81,93)(H,82,95)(H,83,99)(H2,75,77,87,100)/t42-,43+,49-,52-,53-,54+,55-,56+,57-,58-,59-,60+,61-,70+/m1/s1. The van der Waals surface area contributed by atoms with Crippen molar-refractivity contribution < 1.29 is 103 Å². The number of ether oxygens (including phenoxy) is 4. The topological polar surface area (TPSA) is 473 Å². The zero-order chi connectivity index (χ0) is 75.9. The van der Waals surface area contributed by atoms with Crippen molar-refractivity contribution in [2.75, 3.05) is 20.2 Å². The first-order chi connectivity index (χ1) is 49.2. The molecule has 560 valence electrons. The molecule has 32 heteroatoms. The van der Waals surface area contributed by atoms with Gasteiger partial charge in [0.05, 0.1) is 24.1 Å². The molecule has 0 spiro atoms. The van der Waals surface area contributed by atoms with Gasteiger partial charge in [0, 0.05) is 17.6 Å². The van der Waals surface area contributed by atoms with E-state index in [4.69, 9.17) is 30.5 Å². The monoisotopic (exact) mass is 1460 g/mol. The van der Waals surface area contributed by atoms with Crippen LogP contribution in [0, 0.1) is 19.8 Å². The quantitative estimate of drug-likeness (QED) is 0.0631. The molecule has 10 amide bonds. The predicted octanol–water partition coefficient (Wildman–Crippen LogP) is 2.88. The summed E-state index contributed by atoms with van der Waals surface area (Å²) in [6, 6.07) is 1.39. The number of halogens is 1. The molecule has 1 saturated heterocycles. The normalized spacial score (nSPS) is 24.5. The highest BCUT2D eigenvalue weighted by Gasteiger charge is 2.47. The number of carbonyl (C=O) groups is 9. The van der Waals surface area contributed by atoms with Crippen molar-refractivity contribution in [3.8, 4) is 51.4 Å². The lowest BCUT2D eigenvalue weighted by atomic mass is 9.87. The first-order valence-electron chi connectivity index (χ1n) is 34.0. The average Bonchev–Trinajstić information content (AvgIpc) is 0.764. The number of phenolic OH excluding ortho intramolecular Hbond substituents is 2. The molecular weight excluding hydrogens is 1380 g/mol. The van der Waals surface area contributed by atoms with Crippen LogP contribution in [0.15, 0.2) is 78.9 Å². The summed E-state index contributed by atoms with van der Waals surface area (Å²) in [5.74, 6) is -12.4. The fourth-order valence-corrected chi connectivity index (χ4v) is 12.8. The lowest BCUT2D eigenvalue weighted by Gasteiger charge is -2.39. The van der Waals surface area contributed by atoms with Gasteiger partial charge < -0.3 is 108 Å². The molecule has 0 radical (unpaired) electrons. The number of aliphatic hydroxyl groups excluding tert-OH is 6. The van der Waals surface area contributed by atoms with Gasteiger partial charge in [-0.3, -0.25) is 43.7 Å². The maximum absolute atomic E-state index is 16.2. The summed E-state index contributed by atoms with van der Waals surface area (Å²) in [7, 11) is 1.50. The van der Waals surface area contributed by atoms with E-state index in [1.165, 1.54) is 75.5 Å². The lowest BCUT2D eigenvalue weighted by Crippen LogP contribution is -2.60. The first-order valence-corrected chi connectivity index (χ1v) is 34.4. The summed E-state index contributed by atoms with van der Waals surface area (Å²) in [5, 5.41) is 117. The van der Waals surface area contributed by atoms with Gasteiger partial charge in [0.1, 0.15) is 95.9 Å². The molecule has 5 aromatic rings. The summed E-state index contributed by atoms with van der Waals surface area (Å²) in [6.07, 6.45) is -11.7. The van der Waals surface area contributed by atoms with Gasteiger partial charge in [0.25, 0.3) is 0 Å². The van der Waals surface area contributed by atoms with Crippen molar-refractivity contribution in [1.29, 1.82) is 0 Å². The van der Waals surface area contributed by atoms with E-state index in [0.29, 0.717) is 6.42 Å². The maximum atomic E-state index is 16.2. The third-order valence-corrected chi connectivity index (χ3v) is 18.2. The Hall–Kier alpha value is -9.70. The SMILES string of the molecule is CCCCCCNC(=O)NC(=O)C[C@@H]1NC(=O)[C@H](NC(=O)[C@@H](CC(C)C)NC)[C@H](O)c2ccc(c(C)c2)Oc2cc3cc(c2O[C@@H]2O[C@H](CO)[C@@H](O)[C@H](O)[C@H]2O)Oc2ccc(cc2Cl)[C@@H](O)[C@@H]2NC(=O)[C@H](NC(=O)[C@@H]3NC1=O)c1ccc(O)c(c1)-c1c(C)cc(O)cc1[C@@H](C(=O)NC(C)(C)C)NC2=O. The molecule has 31 nitrogen and oxygen atoms in total. The summed E-state index contributed by atoms with van der Waals surface area (Å²) in [5.41, 5.74) is -1.57. The van der Waals surface area contributed by atoms with Crippen LogP contribution < -0.4 is 67.4 Å². The number of phenols is 2. The number of unbranched alkanes of at least 4 members (excludes halogenated alkanes) is 3. The minimum Gasteiger partial charge on any atom is -0.508 e. The minimum atomic E-state index is -2.29. The molecular formula is C72H89ClN10O21. The van der Waals surface area contributed by atoms with E-state index in [-0.39, 0.29) is 85.7 Å². The Morgan fingerprint density at radius 3 is 1.96 bits per heavy atom. The van der Waals surface area contributed by atoms with Crippen LogP contribution in [0.25, 0.3) is 11.1 Å². The Morgan fingerprint density at radius 2 is 1.32 bits per heavy atom. The number of amides is 10. The van der Waals surface area contributed by atoms with E-state index in [9.17, 15) is 60.0 Å². The summed E-state index contributed by atoms with van der Waals surface area (Å²) in [6.45, 7) is 12.9. The first kappa shape index (κ1) is 78.4. The second-order valence-electron chi connectivity index (χ2n) is 27.6. The van der Waals surface area contributed by atoms with Gasteiger partial charge >= 0.3 is 6.03 Å². The number of hydrogen-bond donors (Lipinski definition) is 18. The van der Waals surface area contributed by atoms with Crippen LogP contribution in [-0.4, -0.2) is 175 Å². The Kier molecular flexibility index (Phi) is 25.2. The van der Waals surface area contributed by atoms with Crippen LogP contribution in [0.5, 0.6) is 40.2 Å². The molecule has 5 aromatic carbocycles. The molecule has 6 heterocycles. The second kappa shape index (κ2) is 33.4. The number of imide groups is 1. The number of nitrogens with one attached hydrogen (secondary N) is 10. The maximum Gasteiger partial charge on any atom is 0.321 e. The Balaban J connectivity index is 1.32. The van der Waals surface area contributed by atoms with E-state index in [0.717, 1.165) is 43.5 Å². The zero-order valence-corrected chi connectivity index (χ0v) is 59.3. The third-order valence-electron chi connectivity index (χ3n) is 17.9. The predicted molar refractivity (Wildman–Crippen MR) is 372 cm³/mol.